The standard InChI is InChI=1S/C23H31F2N5O3S/c1-15-27-21(29-33-15)12-22(31)26-13-17-4-2-16(3-5-17)6-9-30-10-7-18-19(8-11-30)34-23(28-18)32-14-20(24)25/h13,16-17,20H,2-12,14H2,1H3. The Balaban J connectivity index is 1.13. The Morgan fingerprint density at radius 1 is 1.26 bits per heavy atom. The minimum atomic E-state index is -2.48. The fourth-order valence-corrected chi connectivity index (χ4v) is 5.53. The molecule has 34 heavy (non-hydrogen) atoms. The van der Waals surface area contributed by atoms with Gasteiger partial charge in [0, 0.05) is 37.5 Å². The van der Waals surface area contributed by atoms with E-state index >= 15 is 0 Å². The molecule has 0 radical (unpaired) electrons. The molecule has 1 amide bonds. The van der Waals surface area contributed by atoms with Crippen LogP contribution in [0.3, 0.4) is 0 Å². The number of alkyl halides is 2. The second kappa shape index (κ2) is 11.9. The van der Waals surface area contributed by atoms with Gasteiger partial charge in [-0.25, -0.2) is 18.8 Å². The zero-order chi connectivity index (χ0) is 23.9. The number of amides is 1. The molecule has 1 aliphatic heterocycles. The third-order valence-corrected chi connectivity index (χ3v) is 7.53. The highest BCUT2D eigenvalue weighted by Crippen LogP contribution is 2.31. The summed E-state index contributed by atoms with van der Waals surface area (Å²) in [7, 11) is 0. The Hall–Kier alpha value is -2.27. The summed E-state index contributed by atoms with van der Waals surface area (Å²) in [6.45, 7) is 4.07. The van der Waals surface area contributed by atoms with Gasteiger partial charge < -0.3 is 14.2 Å². The van der Waals surface area contributed by atoms with E-state index in [0.717, 1.165) is 68.7 Å². The molecule has 0 unspecified atom stereocenters. The first-order valence-corrected chi connectivity index (χ1v) is 12.7. The van der Waals surface area contributed by atoms with Gasteiger partial charge in [-0.2, -0.15) is 4.98 Å². The molecule has 4 rings (SSSR count). The van der Waals surface area contributed by atoms with Crippen molar-refractivity contribution in [2.24, 2.45) is 16.8 Å². The van der Waals surface area contributed by atoms with E-state index in [1.807, 2.05) is 6.21 Å². The molecule has 1 aliphatic carbocycles. The highest BCUT2D eigenvalue weighted by atomic mass is 32.1. The molecular weight excluding hydrogens is 464 g/mol. The lowest BCUT2D eigenvalue weighted by atomic mass is 9.81. The normalized spacial score (nSPS) is 21.6. The third kappa shape index (κ3) is 7.36. The van der Waals surface area contributed by atoms with Crippen LogP contribution in [0.4, 0.5) is 8.78 Å². The van der Waals surface area contributed by atoms with E-state index in [2.05, 4.69) is 25.0 Å². The summed E-state index contributed by atoms with van der Waals surface area (Å²) in [5, 5.41) is 4.10. The molecular formula is C23H31F2N5O3S. The van der Waals surface area contributed by atoms with Crippen LogP contribution in [0.1, 0.15) is 54.4 Å². The molecule has 2 aromatic rings. The highest BCUT2D eigenvalue weighted by Gasteiger charge is 2.23. The van der Waals surface area contributed by atoms with Crippen molar-refractivity contribution in [2.45, 2.75) is 64.7 Å². The number of halogens is 2. The van der Waals surface area contributed by atoms with Crippen LogP contribution in [0.5, 0.6) is 5.19 Å². The van der Waals surface area contributed by atoms with Gasteiger partial charge in [-0.3, -0.25) is 4.79 Å². The van der Waals surface area contributed by atoms with Crippen molar-refractivity contribution in [1.82, 2.24) is 20.0 Å². The minimum absolute atomic E-state index is 0.0746. The largest absolute Gasteiger partial charge is 0.464 e. The van der Waals surface area contributed by atoms with E-state index in [1.165, 1.54) is 17.8 Å². The molecule has 1 fully saturated rings. The zero-order valence-electron chi connectivity index (χ0n) is 19.4. The van der Waals surface area contributed by atoms with E-state index < -0.39 is 13.0 Å². The Morgan fingerprint density at radius 2 is 2.06 bits per heavy atom. The predicted octanol–water partition coefficient (Wildman–Crippen LogP) is 3.92. The quantitative estimate of drug-likeness (QED) is 0.487. The number of rotatable bonds is 9. The molecule has 2 aliphatic rings. The SMILES string of the molecule is Cc1nc(CC(=O)N=CC2CCC(CCN3CCc4nc(OCC(F)F)sc4CC3)CC2)no1. The summed E-state index contributed by atoms with van der Waals surface area (Å²) in [5.41, 5.74) is 1.00. The second-order valence-corrected chi connectivity index (χ2v) is 10.1. The van der Waals surface area contributed by atoms with E-state index in [0.29, 0.717) is 28.7 Å². The monoisotopic (exact) mass is 495 g/mol. The van der Waals surface area contributed by atoms with Gasteiger partial charge in [0.05, 0.1) is 12.1 Å². The minimum Gasteiger partial charge on any atom is -0.464 e. The van der Waals surface area contributed by atoms with Crippen LogP contribution in [0.25, 0.3) is 0 Å². The topological polar surface area (TPSA) is 93.7 Å². The first-order chi connectivity index (χ1) is 16.4. The van der Waals surface area contributed by atoms with E-state index in [1.54, 1.807) is 6.92 Å². The van der Waals surface area contributed by atoms with Crippen molar-refractivity contribution in [3.05, 3.63) is 22.3 Å². The highest BCUT2D eigenvalue weighted by molar-refractivity contribution is 7.13. The van der Waals surface area contributed by atoms with Gasteiger partial charge in [0.2, 0.25) is 5.89 Å². The van der Waals surface area contributed by atoms with Gasteiger partial charge in [-0.15, -0.1) is 0 Å². The number of fused-ring (bicyclic) bond motifs is 1. The third-order valence-electron chi connectivity index (χ3n) is 6.46. The van der Waals surface area contributed by atoms with Gasteiger partial charge in [-0.1, -0.05) is 16.5 Å². The maximum atomic E-state index is 12.3. The molecule has 0 bridgehead atoms. The average molecular weight is 496 g/mol. The number of thiazole rings is 1. The summed E-state index contributed by atoms with van der Waals surface area (Å²) < 4.78 is 34.7. The summed E-state index contributed by atoms with van der Waals surface area (Å²) in [6, 6.07) is 0. The van der Waals surface area contributed by atoms with Gasteiger partial charge >= 0.3 is 0 Å². The first-order valence-electron chi connectivity index (χ1n) is 11.9. The number of aliphatic imine (C=N–C) groups is 1. The summed E-state index contributed by atoms with van der Waals surface area (Å²) in [6.07, 6.45) is 6.74. The molecule has 1 saturated carbocycles. The number of aryl methyl sites for hydroxylation is 1. The Kier molecular flexibility index (Phi) is 8.71. The molecule has 11 heteroatoms. The van der Waals surface area contributed by atoms with E-state index in [-0.39, 0.29) is 12.3 Å². The van der Waals surface area contributed by atoms with E-state index in [4.69, 9.17) is 9.26 Å². The van der Waals surface area contributed by atoms with Crippen LogP contribution in [-0.4, -0.2) is 64.8 Å². The van der Waals surface area contributed by atoms with Crippen molar-refractivity contribution in [1.29, 1.82) is 0 Å². The number of nitrogens with zero attached hydrogens (tertiary/aromatic N) is 5. The molecule has 0 aromatic carbocycles. The molecule has 0 spiro atoms. The van der Waals surface area contributed by atoms with Crippen LogP contribution in [0, 0.1) is 18.8 Å². The lowest BCUT2D eigenvalue weighted by Crippen LogP contribution is -2.29. The molecule has 0 N–H and O–H groups in total. The van der Waals surface area contributed by atoms with Crippen molar-refractivity contribution < 1.29 is 22.8 Å². The Bertz CT molecular complexity index is 946. The fraction of sp³-hybridized carbons (Fsp3) is 0.696. The maximum absolute atomic E-state index is 12.3. The number of ether oxygens (including phenoxy) is 1. The number of carbonyl (C=O) groups excluding carboxylic acids is 1. The maximum Gasteiger partial charge on any atom is 0.273 e. The lowest BCUT2D eigenvalue weighted by molar-refractivity contribution is -0.117. The van der Waals surface area contributed by atoms with Gasteiger partial charge in [-0.05, 0) is 56.9 Å². The van der Waals surface area contributed by atoms with Crippen LogP contribution in [0.15, 0.2) is 9.52 Å². The van der Waals surface area contributed by atoms with Crippen LogP contribution in [0.2, 0.25) is 0 Å². The molecule has 8 nitrogen and oxygen atoms in total. The van der Waals surface area contributed by atoms with Crippen molar-refractivity contribution in [3.8, 4) is 5.19 Å². The number of carbonyl (C=O) groups is 1. The molecule has 186 valence electrons. The van der Waals surface area contributed by atoms with Gasteiger partial charge in [0.15, 0.2) is 12.4 Å². The summed E-state index contributed by atoms with van der Waals surface area (Å²) in [5.74, 6) is 1.65. The van der Waals surface area contributed by atoms with Crippen LogP contribution >= 0.6 is 11.3 Å². The van der Waals surface area contributed by atoms with Crippen molar-refractivity contribution >= 4 is 23.5 Å². The van der Waals surface area contributed by atoms with Crippen molar-refractivity contribution in [3.63, 3.8) is 0 Å². The van der Waals surface area contributed by atoms with Gasteiger partial charge in [0.1, 0.15) is 0 Å². The molecule has 0 saturated heterocycles. The summed E-state index contributed by atoms with van der Waals surface area (Å²) in [4.78, 5) is 28.2. The molecule has 2 aromatic heterocycles. The second-order valence-electron chi connectivity index (χ2n) is 9.04. The fourth-order valence-electron chi connectivity index (χ4n) is 4.58. The predicted molar refractivity (Wildman–Crippen MR) is 124 cm³/mol. The Morgan fingerprint density at radius 3 is 2.79 bits per heavy atom. The van der Waals surface area contributed by atoms with Crippen molar-refractivity contribution in [2.75, 3.05) is 26.2 Å². The molecule has 0 atom stereocenters. The average Bonchev–Trinajstić information content (AvgIpc) is 3.36. The zero-order valence-corrected chi connectivity index (χ0v) is 20.2. The number of aromatic nitrogens is 3. The van der Waals surface area contributed by atoms with E-state index in [9.17, 15) is 13.6 Å². The number of hydrogen-bond acceptors (Lipinski definition) is 8. The number of hydrogen-bond donors (Lipinski definition) is 0. The first kappa shape index (κ1) is 24.8. The molecule has 3 heterocycles. The smallest absolute Gasteiger partial charge is 0.273 e. The van der Waals surface area contributed by atoms with Crippen LogP contribution in [-0.2, 0) is 24.1 Å². The summed E-state index contributed by atoms with van der Waals surface area (Å²) >= 11 is 1.41. The lowest BCUT2D eigenvalue weighted by Gasteiger charge is -2.28. The van der Waals surface area contributed by atoms with Gasteiger partial charge in [0.25, 0.3) is 17.5 Å². The van der Waals surface area contributed by atoms with Crippen LogP contribution < -0.4 is 4.74 Å². The Labute approximate surface area is 201 Å².